The number of aryl methyl sites for hydroxylation is 11. The van der Waals surface area contributed by atoms with Crippen LogP contribution in [0.15, 0.2) is 146 Å². The van der Waals surface area contributed by atoms with E-state index in [2.05, 4.69) is 241 Å². The highest BCUT2D eigenvalue weighted by Crippen LogP contribution is 2.34. The normalized spacial score (nSPS) is 10.9. The molecular formula is C62H70N4. The molecule has 4 nitrogen and oxygen atoms in total. The summed E-state index contributed by atoms with van der Waals surface area (Å²) in [6.07, 6.45) is 0. The predicted octanol–water partition coefficient (Wildman–Crippen LogP) is 17.7. The molecule has 12 aromatic rings. The summed E-state index contributed by atoms with van der Waals surface area (Å²) < 4.78 is 6.86. The SMILES string of the molecule is C.C.C.Cc1ccc2c(c1)c1cc(C)ccc1n2C.Cc1ccc2c3ccc(C)cc3n(C)c2c1.Cc1cccc2[nH]c3cccc(C)c3c12.Cc1cccc2c3cccc(C)c3n(C)c12. The summed E-state index contributed by atoms with van der Waals surface area (Å²) in [7, 11) is 6.43. The fourth-order valence-corrected chi connectivity index (χ4v) is 9.98. The molecule has 338 valence electrons. The predicted molar refractivity (Wildman–Crippen MR) is 295 cm³/mol. The molecule has 4 aromatic heterocycles. The van der Waals surface area contributed by atoms with E-state index in [4.69, 9.17) is 0 Å². The van der Waals surface area contributed by atoms with Gasteiger partial charge in [0, 0.05) is 97.3 Å². The molecule has 0 aliphatic rings. The Labute approximate surface area is 393 Å². The number of fused-ring (bicyclic) bond motifs is 12. The van der Waals surface area contributed by atoms with Crippen molar-refractivity contribution in [3.05, 3.63) is 190 Å². The van der Waals surface area contributed by atoms with Crippen molar-refractivity contribution < 1.29 is 0 Å². The molecule has 0 fully saturated rings. The van der Waals surface area contributed by atoms with Gasteiger partial charge >= 0.3 is 0 Å². The van der Waals surface area contributed by atoms with E-state index in [1.54, 1.807) is 0 Å². The number of hydrogen-bond donors (Lipinski definition) is 1. The second kappa shape index (κ2) is 19.2. The van der Waals surface area contributed by atoms with Gasteiger partial charge in [0.2, 0.25) is 0 Å². The first-order valence-corrected chi connectivity index (χ1v) is 22.1. The largest absolute Gasteiger partial charge is 0.354 e. The minimum Gasteiger partial charge on any atom is -0.354 e. The van der Waals surface area contributed by atoms with Crippen molar-refractivity contribution in [2.24, 2.45) is 21.1 Å². The zero-order valence-electron chi connectivity index (χ0n) is 38.7. The molecule has 66 heavy (non-hydrogen) atoms. The molecular weight excluding hydrogens is 801 g/mol. The first kappa shape index (κ1) is 48.4. The van der Waals surface area contributed by atoms with E-state index < -0.39 is 0 Å². The topological polar surface area (TPSA) is 30.6 Å². The Hall–Kier alpha value is -7.04. The van der Waals surface area contributed by atoms with Crippen LogP contribution in [-0.2, 0) is 21.1 Å². The Morgan fingerprint density at radius 2 is 0.652 bits per heavy atom. The first-order valence-electron chi connectivity index (χ1n) is 22.1. The molecule has 0 amide bonds. The van der Waals surface area contributed by atoms with Crippen molar-refractivity contribution >= 4 is 87.2 Å². The molecule has 1 N–H and O–H groups in total. The molecule has 12 rings (SSSR count). The van der Waals surface area contributed by atoms with E-state index in [0.29, 0.717) is 0 Å². The summed E-state index contributed by atoms with van der Waals surface area (Å²) in [5.41, 5.74) is 21.1. The molecule has 0 bridgehead atoms. The van der Waals surface area contributed by atoms with Crippen LogP contribution in [0.5, 0.6) is 0 Å². The molecule has 4 heterocycles. The van der Waals surface area contributed by atoms with Crippen LogP contribution in [0, 0.1) is 55.4 Å². The highest BCUT2D eigenvalue weighted by atomic mass is 14.9. The zero-order chi connectivity index (χ0) is 44.3. The van der Waals surface area contributed by atoms with Gasteiger partial charge in [-0.15, -0.1) is 0 Å². The van der Waals surface area contributed by atoms with Crippen molar-refractivity contribution in [3.8, 4) is 0 Å². The molecule has 0 aliphatic heterocycles. The molecule has 0 aliphatic carbocycles. The number of benzene rings is 8. The fraction of sp³-hybridized carbons (Fsp3) is 0.226. The number of H-pyrrole nitrogens is 1. The first-order chi connectivity index (χ1) is 30.3. The molecule has 8 aromatic carbocycles. The average Bonchev–Trinajstić information content (AvgIpc) is 3.96. The number of nitrogens with zero attached hydrogens (tertiary/aromatic N) is 3. The minimum absolute atomic E-state index is 0. The number of aromatic amines is 1. The van der Waals surface area contributed by atoms with Crippen molar-refractivity contribution in [2.75, 3.05) is 0 Å². The number of para-hydroxylation sites is 2. The Morgan fingerprint density at radius 3 is 1.08 bits per heavy atom. The summed E-state index contributed by atoms with van der Waals surface area (Å²) in [5, 5.41) is 10.9. The van der Waals surface area contributed by atoms with Gasteiger partial charge in [0.25, 0.3) is 0 Å². The summed E-state index contributed by atoms with van der Waals surface area (Å²) in [5.74, 6) is 0. The van der Waals surface area contributed by atoms with Crippen LogP contribution in [0.4, 0.5) is 0 Å². The molecule has 0 atom stereocenters. The minimum atomic E-state index is 0. The third-order valence-electron chi connectivity index (χ3n) is 13.1. The van der Waals surface area contributed by atoms with Gasteiger partial charge in [-0.2, -0.15) is 0 Å². The number of hydrogen-bond acceptors (Lipinski definition) is 0. The monoisotopic (exact) mass is 871 g/mol. The van der Waals surface area contributed by atoms with Crippen molar-refractivity contribution in [2.45, 2.75) is 77.7 Å². The van der Waals surface area contributed by atoms with E-state index in [1.165, 1.54) is 132 Å². The summed E-state index contributed by atoms with van der Waals surface area (Å²) in [6, 6.07) is 52.5. The van der Waals surface area contributed by atoms with Gasteiger partial charge in [-0.1, -0.05) is 130 Å². The van der Waals surface area contributed by atoms with E-state index in [1.807, 2.05) is 0 Å². The number of aromatic nitrogens is 4. The van der Waals surface area contributed by atoms with E-state index in [9.17, 15) is 0 Å². The highest BCUT2D eigenvalue weighted by Gasteiger charge is 2.12. The Morgan fingerprint density at radius 1 is 0.303 bits per heavy atom. The highest BCUT2D eigenvalue weighted by molar-refractivity contribution is 6.12. The molecule has 0 radical (unpaired) electrons. The van der Waals surface area contributed by atoms with Crippen molar-refractivity contribution in [1.29, 1.82) is 0 Å². The van der Waals surface area contributed by atoms with Gasteiger partial charge in [0.1, 0.15) is 0 Å². The fourth-order valence-electron chi connectivity index (χ4n) is 9.98. The maximum absolute atomic E-state index is 3.46. The second-order valence-corrected chi connectivity index (χ2v) is 17.8. The molecule has 0 spiro atoms. The third kappa shape index (κ3) is 8.49. The van der Waals surface area contributed by atoms with Crippen LogP contribution >= 0.6 is 0 Å². The number of nitrogens with one attached hydrogen (secondary N) is 1. The van der Waals surface area contributed by atoms with Gasteiger partial charge in [0.05, 0.1) is 11.0 Å². The maximum atomic E-state index is 3.46. The lowest BCUT2D eigenvalue weighted by molar-refractivity contribution is 1.00. The van der Waals surface area contributed by atoms with Crippen LogP contribution in [0.2, 0.25) is 0 Å². The van der Waals surface area contributed by atoms with Gasteiger partial charge in [0.15, 0.2) is 0 Å². The lowest BCUT2D eigenvalue weighted by Crippen LogP contribution is -1.90. The van der Waals surface area contributed by atoms with Gasteiger partial charge in [-0.05, 0) is 137 Å². The second-order valence-electron chi connectivity index (χ2n) is 17.8. The number of rotatable bonds is 0. The lowest BCUT2D eigenvalue weighted by Gasteiger charge is -2.02. The molecule has 0 saturated heterocycles. The summed E-state index contributed by atoms with van der Waals surface area (Å²) in [6.45, 7) is 17.3. The average molecular weight is 871 g/mol. The molecule has 0 unspecified atom stereocenters. The molecule has 0 saturated carbocycles. The van der Waals surface area contributed by atoms with Crippen LogP contribution in [-0.4, -0.2) is 18.7 Å². The van der Waals surface area contributed by atoms with Crippen LogP contribution in [0.3, 0.4) is 0 Å². The quantitative estimate of drug-likeness (QED) is 0.157. The maximum Gasteiger partial charge on any atom is 0.0518 e. The zero-order valence-corrected chi connectivity index (χ0v) is 38.7. The Bertz CT molecular complexity index is 3460. The van der Waals surface area contributed by atoms with Crippen molar-refractivity contribution in [1.82, 2.24) is 18.7 Å². The van der Waals surface area contributed by atoms with Crippen LogP contribution < -0.4 is 0 Å². The van der Waals surface area contributed by atoms with Gasteiger partial charge in [-0.3, -0.25) is 0 Å². The standard InChI is InChI=1S/3C15H15N.C14H13N.3CH4/c1-10-4-6-14-12(8-10)13-9-11(2)5-7-15(13)16(14)3;1-10-4-6-12-13-7-5-11(2)9-15(13)16(3)14(12)8-10;1-10-6-4-8-12-13-9-5-7-11(2)15(13)16(3)14(10)12;1-9-5-3-7-11-13(9)14-10(2)6-4-8-12(14)15-11;;;/h3*4-9H,1-3H3;3-8,15H,1-2H3;3*1H4. The Kier molecular flexibility index (Phi) is 14.1. The Balaban J connectivity index is 0.000000143. The van der Waals surface area contributed by atoms with Gasteiger partial charge < -0.3 is 18.7 Å². The third-order valence-corrected chi connectivity index (χ3v) is 13.1. The summed E-state index contributed by atoms with van der Waals surface area (Å²) in [4.78, 5) is 3.46. The van der Waals surface area contributed by atoms with Crippen molar-refractivity contribution in [3.63, 3.8) is 0 Å². The van der Waals surface area contributed by atoms with Gasteiger partial charge in [-0.25, -0.2) is 0 Å². The van der Waals surface area contributed by atoms with Crippen LogP contribution in [0.25, 0.3) is 87.2 Å². The smallest absolute Gasteiger partial charge is 0.0518 e. The van der Waals surface area contributed by atoms with E-state index >= 15 is 0 Å². The van der Waals surface area contributed by atoms with Crippen LogP contribution in [0.1, 0.15) is 66.8 Å². The van der Waals surface area contributed by atoms with E-state index in [-0.39, 0.29) is 22.3 Å². The lowest BCUT2D eigenvalue weighted by atomic mass is 10.0. The summed E-state index contributed by atoms with van der Waals surface area (Å²) >= 11 is 0. The van der Waals surface area contributed by atoms with E-state index in [0.717, 1.165) is 0 Å². The molecule has 4 heteroatoms.